The number of anilines is 3. The Hall–Kier alpha value is -2.53. The molecule has 0 saturated carbocycles. The molecule has 134 valence electrons. The Kier molecular flexibility index (Phi) is 8.50. The predicted octanol–water partition coefficient (Wildman–Crippen LogP) is 4.52. The lowest BCUT2D eigenvalue weighted by Crippen LogP contribution is -2.17. The zero-order valence-electron chi connectivity index (χ0n) is 15.1. The molecule has 0 bridgehead atoms. The van der Waals surface area contributed by atoms with Crippen LogP contribution in [-0.4, -0.2) is 30.6 Å². The average molecular weight is 360 g/mol. The van der Waals surface area contributed by atoms with Crippen LogP contribution in [0.5, 0.6) is 0 Å². The van der Waals surface area contributed by atoms with E-state index in [0.717, 1.165) is 27.8 Å². The van der Waals surface area contributed by atoms with Gasteiger partial charge in [-0.15, -0.1) is 19.7 Å². The Morgan fingerprint density at radius 2 is 1.84 bits per heavy atom. The number of hydrogen-bond acceptors (Lipinski definition) is 5. The smallest absolute Gasteiger partial charge is 0.226 e. The van der Waals surface area contributed by atoms with Gasteiger partial charge in [0.1, 0.15) is 11.6 Å². The van der Waals surface area contributed by atoms with Gasteiger partial charge in [-0.2, -0.15) is 9.97 Å². The van der Waals surface area contributed by atoms with Gasteiger partial charge in [-0.3, -0.25) is 0 Å². The Morgan fingerprint density at radius 1 is 1.16 bits per heavy atom. The van der Waals surface area contributed by atoms with E-state index in [9.17, 15) is 0 Å². The summed E-state index contributed by atoms with van der Waals surface area (Å²) in [6, 6.07) is 7.77. The molecule has 0 radical (unpaired) electrons. The van der Waals surface area contributed by atoms with E-state index < -0.39 is 0 Å². The van der Waals surface area contributed by atoms with Gasteiger partial charge in [0.2, 0.25) is 5.95 Å². The van der Waals surface area contributed by atoms with Crippen molar-refractivity contribution in [2.75, 3.05) is 36.2 Å². The molecule has 5 nitrogen and oxygen atoms in total. The van der Waals surface area contributed by atoms with Crippen LogP contribution in [0.3, 0.4) is 0 Å². The first kappa shape index (κ1) is 20.5. The summed E-state index contributed by atoms with van der Waals surface area (Å²) >= 11 is 6.21. The van der Waals surface area contributed by atoms with Crippen molar-refractivity contribution in [2.24, 2.45) is 0 Å². The normalized spacial score (nSPS) is 9.60. The van der Waals surface area contributed by atoms with E-state index in [0.29, 0.717) is 19.0 Å². The van der Waals surface area contributed by atoms with Crippen LogP contribution >= 0.6 is 11.6 Å². The molecule has 2 rings (SSSR count). The van der Waals surface area contributed by atoms with E-state index in [1.807, 2.05) is 50.2 Å². The Bertz CT molecular complexity index is 700. The molecule has 1 aromatic heterocycles. The van der Waals surface area contributed by atoms with Crippen molar-refractivity contribution in [3.63, 3.8) is 0 Å². The van der Waals surface area contributed by atoms with Crippen molar-refractivity contribution in [3.8, 4) is 0 Å². The summed E-state index contributed by atoms with van der Waals surface area (Å²) in [6.45, 7) is 12.9. The monoisotopic (exact) mass is 359 g/mol. The van der Waals surface area contributed by atoms with E-state index in [1.54, 1.807) is 6.08 Å². The molecule has 0 amide bonds. The first-order valence-electron chi connectivity index (χ1n) is 7.91. The molecule has 2 aromatic rings. The number of hydrogen-bond donors (Lipinski definition) is 2. The second kappa shape index (κ2) is 10.4. The summed E-state index contributed by atoms with van der Waals surface area (Å²) in [6.07, 6.45) is 1.77. The molecule has 0 aliphatic rings. The zero-order valence-corrected chi connectivity index (χ0v) is 15.9. The fourth-order valence-electron chi connectivity index (χ4n) is 2.18. The SMILES string of the molecule is C=C.C=CCNc1nc(NCc2ccccc2Cl)c(C)c(N(C)C)n1. The largest absolute Gasteiger partial charge is 0.365 e. The minimum atomic E-state index is 0.570. The van der Waals surface area contributed by atoms with E-state index in [1.165, 1.54) is 0 Å². The van der Waals surface area contributed by atoms with Gasteiger partial charge in [-0.1, -0.05) is 35.9 Å². The quantitative estimate of drug-likeness (QED) is 0.712. The Balaban J connectivity index is 0.00000151. The van der Waals surface area contributed by atoms with Crippen molar-refractivity contribution >= 4 is 29.2 Å². The molecule has 6 heteroatoms. The Morgan fingerprint density at radius 3 is 2.44 bits per heavy atom. The van der Waals surface area contributed by atoms with Crippen LogP contribution in [-0.2, 0) is 6.54 Å². The predicted molar refractivity (Wildman–Crippen MR) is 110 cm³/mol. The number of benzene rings is 1. The third-order valence-corrected chi connectivity index (χ3v) is 3.72. The topological polar surface area (TPSA) is 53.1 Å². The molecule has 1 aromatic carbocycles. The maximum Gasteiger partial charge on any atom is 0.226 e. The average Bonchev–Trinajstić information content (AvgIpc) is 2.62. The molecule has 0 spiro atoms. The molecule has 1 heterocycles. The summed E-state index contributed by atoms with van der Waals surface area (Å²) < 4.78 is 0. The second-order valence-corrected chi connectivity index (χ2v) is 5.76. The molecular weight excluding hydrogens is 334 g/mol. The van der Waals surface area contributed by atoms with Gasteiger partial charge in [0.15, 0.2) is 0 Å². The summed E-state index contributed by atoms with van der Waals surface area (Å²) in [5.74, 6) is 2.23. The molecular formula is C19H26ClN5. The lowest BCUT2D eigenvalue weighted by Gasteiger charge is -2.19. The van der Waals surface area contributed by atoms with E-state index in [2.05, 4.69) is 40.3 Å². The van der Waals surface area contributed by atoms with Gasteiger partial charge < -0.3 is 15.5 Å². The third kappa shape index (κ3) is 5.80. The van der Waals surface area contributed by atoms with Crippen LogP contribution in [0.4, 0.5) is 17.6 Å². The number of nitrogens with zero attached hydrogens (tertiary/aromatic N) is 3. The molecule has 0 atom stereocenters. The summed E-state index contributed by atoms with van der Waals surface area (Å²) in [7, 11) is 3.93. The number of aromatic nitrogens is 2. The van der Waals surface area contributed by atoms with Crippen LogP contribution in [0.2, 0.25) is 5.02 Å². The van der Waals surface area contributed by atoms with E-state index >= 15 is 0 Å². The first-order chi connectivity index (χ1) is 12.0. The third-order valence-electron chi connectivity index (χ3n) is 3.35. The van der Waals surface area contributed by atoms with Crippen molar-refractivity contribution < 1.29 is 0 Å². The molecule has 0 fully saturated rings. The molecule has 2 N–H and O–H groups in total. The maximum atomic E-state index is 6.21. The van der Waals surface area contributed by atoms with E-state index in [-0.39, 0.29) is 0 Å². The summed E-state index contributed by atoms with van der Waals surface area (Å²) in [5, 5.41) is 7.23. The lowest BCUT2D eigenvalue weighted by molar-refractivity contribution is 0.994. The molecule has 0 saturated heterocycles. The van der Waals surface area contributed by atoms with Crippen LogP contribution in [0.25, 0.3) is 0 Å². The zero-order chi connectivity index (χ0) is 18.8. The highest BCUT2D eigenvalue weighted by Crippen LogP contribution is 2.25. The highest BCUT2D eigenvalue weighted by molar-refractivity contribution is 6.31. The molecule has 0 aliphatic carbocycles. The van der Waals surface area contributed by atoms with Gasteiger partial charge in [-0.05, 0) is 18.6 Å². The molecule has 25 heavy (non-hydrogen) atoms. The van der Waals surface area contributed by atoms with Crippen LogP contribution in [0.1, 0.15) is 11.1 Å². The van der Waals surface area contributed by atoms with Crippen molar-refractivity contribution in [2.45, 2.75) is 13.5 Å². The van der Waals surface area contributed by atoms with Gasteiger partial charge in [0, 0.05) is 37.8 Å². The molecule has 0 unspecified atom stereocenters. The fourth-order valence-corrected chi connectivity index (χ4v) is 2.38. The number of nitrogens with one attached hydrogen (secondary N) is 2. The van der Waals surface area contributed by atoms with Crippen LogP contribution in [0, 0.1) is 6.92 Å². The van der Waals surface area contributed by atoms with E-state index in [4.69, 9.17) is 11.6 Å². The van der Waals surface area contributed by atoms with Crippen molar-refractivity contribution in [1.29, 1.82) is 0 Å². The minimum absolute atomic E-state index is 0.570. The van der Waals surface area contributed by atoms with Crippen LogP contribution < -0.4 is 15.5 Å². The second-order valence-electron chi connectivity index (χ2n) is 5.35. The fraction of sp³-hybridized carbons (Fsp3) is 0.263. The van der Waals surface area contributed by atoms with Gasteiger partial charge in [0.25, 0.3) is 0 Å². The molecule has 0 aliphatic heterocycles. The Labute approximate surface area is 155 Å². The summed E-state index contributed by atoms with van der Waals surface area (Å²) in [5.41, 5.74) is 2.02. The van der Waals surface area contributed by atoms with Gasteiger partial charge in [0.05, 0.1) is 0 Å². The highest BCUT2D eigenvalue weighted by atomic mass is 35.5. The van der Waals surface area contributed by atoms with Gasteiger partial charge >= 0.3 is 0 Å². The lowest BCUT2D eigenvalue weighted by atomic mass is 10.2. The maximum absolute atomic E-state index is 6.21. The van der Waals surface area contributed by atoms with Gasteiger partial charge in [-0.25, -0.2) is 0 Å². The standard InChI is InChI=1S/C17H22ClN5.C2H4/c1-5-10-19-17-21-15(12(2)16(22-17)23(3)4)20-11-13-8-6-7-9-14(13)18;1-2/h5-9H,1,10-11H2,2-4H3,(H2,19,20,21,22);1-2H2. The van der Waals surface area contributed by atoms with Crippen LogP contribution in [0.15, 0.2) is 50.1 Å². The number of rotatable bonds is 7. The highest BCUT2D eigenvalue weighted by Gasteiger charge is 2.12. The minimum Gasteiger partial charge on any atom is -0.365 e. The van der Waals surface area contributed by atoms with Crippen molar-refractivity contribution in [3.05, 3.63) is 66.2 Å². The first-order valence-corrected chi connectivity index (χ1v) is 8.28. The van der Waals surface area contributed by atoms with Crippen molar-refractivity contribution in [1.82, 2.24) is 9.97 Å². The summed E-state index contributed by atoms with van der Waals surface area (Å²) in [4.78, 5) is 11.0. The number of halogens is 1.